The van der Waals surface area contributed by atoms with Crippen LogP contribution in [0.15, 0.2) is 30.3 Å². The lowest BCUT2D eigenvalue weighted by Crippen LogP contribution is -1.88. The van der Waals surface area contributed by atoms with Crippen molar-refractivity contribution in [2.45, 2.75) is 13.3 Å². The number of ether oxygens (including phenoxy) is 1. The number of hydrogen-bond donors (Lipinski definition) is 1. The highest BCUT2D eigenvalue weighted by Gasteiger charge is 2.09. The summed E-state index contributed by atoms with van der Waals surface area (Å²) < 4.78 is 5.10. The normalized spacial score (nSPS) is 10.5. The van der Waals surface area contributed by atoms with Crippen molar-refractivity contribution in [3.63, 3.8) is 0 Å². The maximum Gasteiger partial charge on any atom is 0.165 e. The zero-order valence-electron chi connectivity index (χ0n) is 8.95. The molecule has 0 fully saturated rings. The Kier molecular flexibility index (Phi) is 2.50. The molecule has 0 amide bonds. The third-order valence-electron chi connectivity index (χ3n) is 2.67. The van der Waals surface area contributed by atoms with Crippen molar-refractivity contribution in [3.8, 4) is 11.5 Å². The van der Waals surface area contributed by atoms with Crippen LogP contribution in [-0.2, 0) is 6.42 Å². The number of rotatable bonds is 2. The van der Waals surface area contributed by atoms with Gasteiger partial charge in [-0.2, -0.15) is 0 Å². The lowest BCUT2D eigenvalue weighted by molar-refractivity contribution is 0.376. The van der Waals surface area contributed by atoms with E-state index in [0.29, 0.717) is 5.75 Å². The molecule has 0 atom stereocenters. The van der Waals surface area contributed by atoms with Crippen LogP contribution in [0, 0.1) is 0 Å². The predicted octanol–water partition coefficient (Wildman–Crippen LogP) is 3.12. The van der Waals surface area contributed by atoms with Gasteiger partial charge >= 0.3 is 0 Å². The van der Waals surface area contributed by atoms with Crippen LogP contribution in [0.5, 0.6) is 11.5 Å². The van der Waals surface area contributed by atoms with E-state index in [1.54, 1.807) is 13.2 Å². The predicted molar refractivity (Wildman–Crippen MR) is 61.5 cm³/mol. The fraction of sp³-hybridized carbons (Fsp3) is 0.231. The smallest absolute Gasteiger partial charge is 0.165 e. The van der Waals surface area contributed by atoms with E-state index < -0.39 is 0 Å². The first-order chi connectivity index (χ1) is 7.27. The second-order valence-electron chi connectivity index (χ2n) is 3.49. The van der Waals surface area contributed by atoms with E-state index in [-0.39, 0.29) is 5.75 Å². The first-order valence-electron chi connectivity index (χ1n) is 5.05. The van der Waals surface area contributed by atoms with Crippen LogP contribution in [0.4, 0.5) is 0 Å². The molecule has 0 aliphatic carbocycles. The highest BCUT2D eigenvalue weighted by atomic mass is 16.5. The molecule has 0 radical (unpaired) electrons. The van der Waals surface area contributed by atoms with Gasteiger partial charge in [0.1, 0.15) is 0 Å². The van der Waals surface area contributed by atoms with Crippen LogP contribution in [0.1, 0.15) is 12.5 Å². The molecule has 2 aromatic carbocycles. The van der Waals surface area contributed by atoms with Crippen LogP contribution in [0.2, 0.25) is 0 Å². The largest absolute Gasteiger partial charge is 0.504 e. The number of methoxy groups -OCH3 is 1. The highest BCUT2D eigenvalue weighted by molar-refractivity contribution is 5.93. The third-order valence-corrected chi connectivity index (χ3v) is 2.67. The van der Waals surface area contributed by atoms with E-state index >= 15 is 0 Å². The minimum Gasteiger partial charge on any atom is -0.504 e. The van der Waals surface area contributed by atoms with Crippen LogP contribution < -0.4 is 4.74 Å². The number of phenolic OH excluding ortho intramolecular Hbond substituents is 1. The molecule has 0 aromatic heterocycles. The Labute approximate surface area is 89.1 Å². The molecule has 0 aliphatic heterocycles. The van der Waals surface area contributed by atoms with Crippen LogP contribution in [-0.4, -0.2) is 12.2 Å². The van der Waals surface area contributed by atoms with E-state index in [9.17, 15) is 5.11 Å². The fourth-order valence-corrected chi connectivity index (χ4v) is 1.87. The number of fused-ring (bicyclic) bond motifs is 1. The lowest BCUT2D eigenvalue weighted by atomic mass is 10.0. The summed E-state index contributed by atoms with van der Waals surface area (Å²) in [6, 6.07) is 9.78. The van der Waals surface area contributed by atoms with Crippen molar-refractivity contribution >= 4 is 10.8 Å². The minimum absolute atomic E-state index is 0.243. The minimum atomic E-state index is 0.243. The molecular formula is C13H14O2. The average Bonchev–Trinajstić information content (AvgIpc) is 2.29. The van der Waals surface area contributed by atoms with Gasteiger partial charge in [-0.15, -0.1) is 0 Å². The molecule has 0 saturated carbocycles. The SMILES string of the molecule is CCc1cccc2ccc(OC)c(O)c12. The van der Waals surface area contributed by atoms with Gasteiger partial charge < -0.3 is 9.84 Å². The van der Waals surface area contributed by atoms with Gasteiger partial charge in [-0.05, 0) is 23.4 Å². The molecule has 0 spiro atoms. The number of benzene rings is 2. The molecule has 1 N–H and O–H groups in total. The van der Waals surface area contributed by atoms with Crippen LogP contribution in [0.25, 0.3) is 10.8 Å². The van der Waals surface area contributed by atoms with Gasteiger partial charge in [0, 0.05) is 5.39 Å². The van der Waals surface area contributed by atoms with Gasteiger partial charge in [-0.1, -0.05) is 31.2 Å². The van der Waals surface area contributed by atoms with Crippen molar-refractivity contribution in [2.75, 3.05) is 7.11 Å². The topological polar surface area (TPSA) is 29.5 Å². The second-order valence-corrected chi connectivity index (χ2v) is 3.49. The molecular weight excluding hydrogens is 188 g/mol. The van der Waals surface area contributed by atoms with Crippen molar-refractivity contribution in [2.24, 2.45) is 0 Å². The van der Waals surface area contributed by atoms with Gasteiger partial charge in [0.25, 0.3) is 0 Å². The van der Waals surface area contributed by atoms with E-state index in [1.807, 2.05) is 24.3 Å². The molecule has 0 aliphatic rings. The van der Waals surface area contributed by atoms with Crippen LogP contribution in [0.3, 0.4) is 0 Å². The third kappa shape index (κ3) is 1.52. The van der Waals surface area contributed by atoms with Crippen molar-refractivity contribution in [1.82, 2.24) is 0 Å². The van der Waals surface area contributed by atoms with Crippen molar-refractivity contribution < 1.29 is 9.84 Å². The number of phenols is 1. The molecule has 0 bridgehead atoms. The summed E-state index contributed by atoms with van der Waals surface area (Å²) in [6.07, 6.45) is 0.901. The molecule has 0 heterocycles. The summed E-state index contributed by atoms with van der Waals surface area (Å²) in [6.45, 7) is 2.08. The summed E-state index contributed by atoms with van der Waals surface area (Å²) in [5.74, 6) is 0.774. The summed E-state index contributed by atoms with van der Waals surface area (Å²) in [5.41, 5.74) is 1.14. The molecule has 15 heavy (non-hydrogen) atoms. The first-order valence-corrected chi connectivity index (χ1v) is 5.05. The molecule has 2 nitrogen and oxygen atoms in total. The summed E-state index contributed by atoms with van der Waals surface area (Å²) in [5, 5.41) is 12.0. The summed E-state index contributed by atoms with van der Waals surface area (Å²) >= 11 is 0. The zero-order valence-corrected chi connectivity index (χ0v) is 8.95. The van der Waals surface area contributed by atoms with E-state index in [2.05, 4.69) is 6.92 Å². The highest BCUT2D eigenvalue weighted by Crippen LogP contribution is 2.36. The Balaban J connectivity index is 2.82. The Bertz CT molecular complexity index is 489. The Morgan fingerprint density at radius 2 is 2.00 bits per heavy atom. The zero-order chi connectivity index (χ0) is 10.8. The average molecular weight is 202 g/mol. The van der Waals surface area contributed by atoms with Crippen LogP contribution >= 0.6 is 0 Å². The number of aromatic hydroxyl groups is 1. The maximum atomic E-state index is 10.0. The first kappa shape index (κ1) is 9.84. The van der Waals surface area contributed by atoms with Gasteiger partial charge in [-0.3, -0.25) is 0 Å². The Morgan fingerprint density at radius 3 is 2.67 bits per heavy atom. The summed E-state index contributed by atoms with van der Waals surface area (Å²) in [4.78, 5) is 0. The molecule has 2 aromatic rings. The Morgan fingerprint density at radius 1 is 1.20 bits per heavy atom. The standard InChI is InChI=1S/C13H14O2/c1-3-9-5-4-6-10-7-8-11(15-2)13(14)12(9)10/h4-8,14H,3H2,1-2H3. The second kappa shape index (κ2) is 3.81. The lowest BCUT2D eigenvalue weighted by Gasteiger charge is -2.09. The molecule has 78 valence electrons. The number of aryl methyl sites for hydroxylation is 1. The fourth-order valence-electron chi connectivity index (χ4n) is 1.87. The number of hydrogen-bond acceptors (Lipinski definition) is 2. The molecule has 0 saturated heterocycles. The molecule has 0 unspecified atom stereocenters. The summed E-state index contributed by atoms with van der Waals surface area (Å²) in [7, 11) is 1.56. The molecule has 2 heteroatoms. The van der Waals surface area contributed by atoms with Gasteiger partial charge in [0.15, 0.2) is 11.5 Å². The van der Waals surface area contributed by atoms with E-state index in [0.717, 1.165) is 22.8 Å². The Hall–Kier alpha value is -1.70. The van der Waals surface area contributed by atoms with Gasteiger partial charge in [0.2, 0.25) is 0 Å². The van der Waals surface area contributed by atoms with Gasteiger partial charge in [-0.25, -0.2) is 0 Å². The quantitative estimate of drug-likeness (QED) is 0.810. The van der Waals surface area contributed by atoms with Crippen molar-refractivity contribution in [3.05, 3.63) is 35.9 Å². The molecule has 2 rings (SSSR count). The monoisotopic (exact) mass is 202 g/mol. The van der Waals surface area contributed by atoms with Gasteiger partial charge in [0.05, 0.1) is 7.11 Å². The maximum absolute atomic E-state index is 10.0. The van der Waals surface area contributed by atoms with E-state index in [4.69, 9.17) is 4.74 Å². The van der Waals surface area contributed by atoms with Crippen molar-refractivity contribution in [1.29, 1.82) is 0 Å². The van der Waals surface area contributed by atoms with E-state index in [1.165, 1.54) is 0 Å².